The molecule has 0 amide bonds. The molecule has 9 heteroatoms. The first kappa shape index (κ1) is 22.6. The summed E-state index contributed by atoms with van der Waals surface area (Å²) in [6.45, 7) is 5.06. The molecule has 180 valence electrons. The third-order valence-electron chi connectivity index (χ3n) is 6.87. The number of hydrogen-bond donors (Lipinski definition) is 1. The molecule has 2 fully saturated rings. The highest BCUT2D eigenvalue weighted by atomic mass is 35.5. The number of piperidine rings is 1. The predicted octanol–water partition coefficient (Wildman–Crippen LogP) is 6.35. The molecule has 1 N–H and O–H groups in total. The molecule has 4 aromatic rings. The molecule has 2 aliphatic rings. The van der Waals surface area contributed by atoms with Crippen molar-refractivity contribution in [1.29, 1.82) is 0 Å². The number of para-hydroxylation sites is 1. The lowest BCUT2D eigenvalue weighted by Gasteiger charge is -2.38. The van der Waals surface area contributed by atoms with Crippen molar-refractivity contribution in [3.05, 3.63) is 59.9 Å². The third-order valence-corrected chi connectivity index (χ3v) is 8.35. The summed E-state index contributed by atoms with van der Waals surface area (Å²) in [5.41, 5.74) is 1.84. The molecule has 1 atom stereocenters. The molecule has 2 aliphatic heterocycles. The molecular formula is C26H26ClN5O2S. The number of aromatic amines is 1. The quantitative estimate of drug-likeness (QED) is 0.337. The molecule has 2 saturated heterocycles. The zero-order valence-corrected chi connectivity index (χ0v) is 21.0. The Balaban J connectivity index is 1.13. The van der Waals surface area contributed by atoms with Gasteiger partial charge < -0.3 is 19.4 Å². The van der Waals surface area contributed by atoms with Crippen LogP contribution in [0.15, 0.2) is 64.8 Å². The van der Waals surface area contributed by atoms with Crippen LogP contribution < -0.4 is 9.64 Å². The number of aromatic nitrogens is 4. The van der Waals surface area contributed by atoms with Gasteiger partial charge in [-0.15, -0.1) is 0 Å². The highest BCUT2D eigenvalue weighted by molar-refractivity contribution is 7.99. The van der Waals surface area contributed by atoms with Crippen molar-refractivity contribution in [2.45, 2.75) is 42.2 Å². The summed E-state index contributed by atoms with van der Waals surface area (Å²) < 4.78 is 11.7. The average Bonchev–Trinajstić information content (AvgIpc) is 3.46. The lowest BCUT2D eigenvalue weighted by atomic mass is 9.77. The summed E-state index contributed by atoms with van der Waals surface area (Å²) >= 11 is 8.20. The minimum atomic E-state index is 0.354. The van der Waals surface area contributed by atoms with Crippen LogP contribution in [0.4, 0.5) is 5.82 Å². The van der Waals surface area contributed by atoms with Crippen molar-refractivity contribution < 1.29 is 9.47 Å². The lowest BCUT2D eigenvalue weighted by Crippen LogP contribution is -2.41. The van der Waals surface area contributed by atoms with Crippen LogP contribution >= 0.6 is 23.4 Å². The molecule has 7 nitrogen and oxygen atoms in total. The second-order valence-corrected chi connectivity index (χ2v) is 10.8. The van der Waals surface area contributed by atoms with Crippen LogP contribution in [-0.4, -0.2) is 45.7 Å². The maximum Gasteiger partial charge on any atom is 0.300 e. The van der Waals surface area contributed by atoms with E-state index in [4.69, 9.17) is 26.1 Å². The second kappa shape index (κ2) is 9.33. The van der Waals surface area contributed by atoms with Gasteiger partial charge >= 0.3 is 0 Å². The lowest BCUT2D eigenvalue weighted by molar-refractivity contribution is 0.0976. The summed E-state index contributed by atoms with van der Waals surface area (Å²) in [5, 5.41) is 1.38. The third kappa shape index (κ3) is 4.70. The van der Waals surface area contributed by atoms with Crippen LogP contribution in [0.3, 0.4) is 0 Å². The molecule has 4 heterocycles. The number of H-pyrrole nitrogens is 1. The van der Waals surface area contributed by atoms with Crippen molar-refractivity contribution >= 4 is 40.2 Å². The largest absolute Gasteiger partial charge is 0.426 e. The number of imidazole rings is 1. The highest BCUT2D eigenvalue weighted by Crippen LogP contribution is 2.42. The van der Waals surface area contributed by atoms with E-state index < -0.39 is 0 Å². The van der Waals surface area contributed by atoms with Crippen LogP contribution in [0.1, 0.15) is 26.2 Å². The van der Waals surface area contributed by atoms with Crippen molar-refractivity contribution in [2.24, 2.45) is 5.41 Å². The predicted molar refractivity (Wildman–Crippen MR) is 138 cm³/mol. The fraction of sp³-hybridized carbons (Fsp3) is 0.346. The second-order valence-electron chi connectivity index (χ2n) is 9.36. The van der Waals surface area contributed by atoms with E-state index in [-0.39, 0.29) is 0 Å². The van der Waals surface area contributed by atoms with E-state index in [1.165, 1.54) is 18.2 Å². The normalized spacial score (nSPS) is 19.5. The van der Waals surface area contributed by atoms with Gasteiger partial charge in [0.05, 0.1) is 41.2 Å². The van der Waals surface area contributed by atoms with Gasteiger partial charge in [0.25, 0.3) is 6.01 Å². The molecule has 35 heavy (non-hydrogen) atoms. The van der Waals surface area contributed by atoms with Gasteiger partial charge in [-0.05, 0) is 55.9 Å². The Morgan fingerprint density at radius 3 is 2.66 bits per heavy atom. The molecule has 6 rings (SSSR count). The number of benzene rings is 2. The van der Waals surface area contributed by atoms with E-state index >= 15 is 0 Å². The summed E-state index contributed by atoms with van der Waals surface area (Å²) in [7, 11) is 0. The average molecular weight is 508 g/mol. The number of ether oxygens (including phenoxy) is 2. The van der Waals surface area contributed by atoms with Gasteiger partial charge in [-0.2, -0.15) is 4.98 Å². The van der Waals surface area contributed by atoms with E-state index in [2.05, 4.69) is 26.8 Å². The van der Waals surface area contributed by atoms with Crippen molar-refractivity contribution in [3.8, 4) is 11.8 Å². The fourth-order valence-corrected chi connectivity index (χ4v) is 6.06. The number of nitrogens with one attached hydrogen (secondary N) is 1. The molecule has 2 aromatic carbocycles. The fourth-order valence-electron chi connectivity index (χ4n) is 4.97. The minimum absolute atomic E-state index is 0.354. The zero-order valence-electron chi connectivity index (χ0n) is 19.4. The van der Waals surface area contributed by atoms with E-state index in [0.29, 0.717) is 28.3 Å². The maximum atomic E-state index is 6.72. The molecule has 0 saturated carbocycles. The van der Waals surface area contributed by atoms with Gasteiger partial charge in [0, 0.05) is 18.0 Å². The first-order chi connectivity index (χ1) is 17.1. The van der Waals surface area contributed by atoms with Crippen molar-refractivity contribution in [2.75, 3.05) is 24.6 Å². The number of fused-ring (bicyclic) bond motifs is 1. The van der Waals surface area contributed by atoms with Crippen LogP contribution in [0.25, 0.3) is 11.0 Å². The van der Waals surface area contributed by atoms with Crippen LogP contribution in [0.2, 0.25) is 5.02 Å². The molecular weight excluding hydrogens is 482 g/mol. The number of halogens is 1. The molecule has 0 bridgehead atoms. The van der Waals surface area contributed by atoms with E-state index in [1.807, 2.05) is 54.9 Å². The van der Waals surface area contributed by atoms with Gasteiger partial charge in [-0.1, -0.05) is 41.6 Å². The van der Waals surface area contributed by atoms with E-state index in [9.17, 15) is 0 Å². The first-order valence-electron chi connectivity index (χ1n) is 11.8. The Kier molecular flexibility index (Phi) is 6.04. The molecule has 0 radical (unpaired) electrons. The SMILES string of the molecule is C[C@H]1CC2(CCN(c3cnc(Sc4ccc5nc(Oc6ccccc6)[nH]c5c4Cl)cn3)CC2)CO1. The van der Waals surface area contributed by atoms with Gasteiger partial charge in [0.15, 0.2) is 0 Å². The summed E-state index contributed by atoms with van der Waals surface area (Å²) in [5.74, 6) is 1.64. The molecule has 1 spiro atoms. The maximum absolute atomic E-state index is 6.72. The van der Waals surface area contributed by atoms with Crippen LogP contribution in [-0.2, 0) is 4.74 Å². The topological polar surface area (TPSA) is 76.2 Å². The Labute approximate surface area is 213 Å². The number of rotatable bonds is 5. The van der Waals surface area contributed by atoms with E-state index in [0.717, 1.165) is 59.3 Å². The number of anilines is 1. The Morgan fingerprint density at radius 1 is 1.11 bits per heavy atom. The van der Waals surface area contributed by atoms with Gasteiger partial charge in [-0.25, -0.2) is 9.97 Å². The Morgan fingerprint density at radius 2 is 1.94 bits per heavy atom. The molecule has 0 unspecified atom stereocenters. The Hall–Kier alpha value is -2.81. The summed E-state index contributed by atoms with van der Waals surface area (Å²) in [6, 6.07) is 13.8. The van der Waals surface area contributed by atoms with Gasteiger partial charge in [0.2, 0.25) is 0 Å². The van der Waals surface area contributed by atoms with Crippen molar-refractivity contribution in [1.82, 2.24) is 19.9 Å². The first-order valence-corrected chi connectivity index (χ1v) is 13.0. The summed E-state index contributed by atoms with van der Waals surface area (Å²) in [4.78, 5) is 20.2. The van der Waals surface area contributed by atoms with E-state index in [1.54, 1.807) is 0 Å². The van der Waals surface area contributed by atoms with Gasteiger partial charge in [-0.3, -0.25) is 0 Å². The minimum Gasteiger partial charge on any atom is -0.426 e. The molecule has 0 aliphatic carbocycles. The zero-order chi connectivity index (χ0) is 23.8. The molecule has 2 aromatic heterocycles. The van der Waals surface area contributed by atoms with Gasteiger partial charge in [0.1, 0.15) is 16.6 Å². The Bertz CT molecular complexity index is 1320. The smallest absolute Gasteiger partial charge is 0.300 e. The summed E-state index contributed by atoms with van der Waals surface area (Å²) in [6.07, 6.45) is 7.53. The van der Waals surface area contributed by atoms with Crippen molar-refractivity contribution in [3.63, 3.8) is 0 Å². The number of nitrogens with zero attached hydrogens (tertiary/aromatic N) is 4. The van der Waals surface area contributed by atoms with Crippen LogP contribution in [0.5, 0.6) is 11.8 Å². The van der Waals surface area contributed by atoms with Crippen LogP contribution in [0, 0.1) is 5.41 Å². The highest BCUT2D eigenvalue weighted by Gasteiger charge is 2.41. The number of hydrogen-bond acceptors (Lipinski definition) is 7. The standard InChI is InChI=1S/C26H26ClN5O2S/c1-17-13-26(16-33-17)9-11-32(12-10-26)21-14-29-22(15-28-21)35-20-8-7-19-24(23(20)27)31-25(30-19)34-18-5-3-2-4-6-18/h2-8,14-15,17H,9-13,16H2,1H3,(H,30,31)/t17-/m0/s1. The monoisotopic (exact) mass is 507 g/mol.